The summed E-state index contributed by atoms with van der Waals surface area (Å²) in [4.78, 5) is 41.9. The summed E-state index contributed by atoms with van der Waals surface area (Å²) in [7, 11) is 2.10. The Hall–Kier alpha value is -3.41. The van der Waals surface area contributed by atoms with Crippen molar-refractivity contribution in [3.05, 3.63) is 63.7 Å². The van der Waals surface area contributed by atoms with Crippen LogP contribution in [0.2, 0.25) is 0 Å². The van der Waals surface area contributed by atoms with Crippen molar-refractivity contribution in [2.75, 3.05) is 16.8 Å². The zero-order chi connectivity index (χ0) is 24.2. The molecule has 2 aromatic carbocycles. The molecule has 172 valence electrons. The SMILES string of the molecule is Cc1cc(C)cc(N2C(=O)NC(=O)/C(=C\c3cc4c(cc3C)N(C)C(C)(C)C[C@@H]4C)C2=O)c1. The molecule has 6 heteroatoms. The average Bonchev–Trinajstić information content (AvgIpc) is 2.69. The molecule has 0 bridgehead atoms. The predicted molar refractivity (Wildman–Crippen MR) is 132 cm³/mol. The molecule has 0 aromatic heterocycles. The molecule has 33 heavy (non-hydrogen) atoms. The van der Waals surface area contributed by atoms with Crippen LogP contribution in [0.4, 0.5) is 16.2 Å². The first kappa shape index (κ1) is 22.8. The van der Waals surface area contributed by atoms with E-state index in [9.17, 15) is 14.4 Å². The van der Waals surface area contributed by atoms with Gasteiger partial charge in [0, 0.05) is 18.3 Å². The number of urea groups is 1. The summed E-state index contributed by atoms with van der Waals surface area (Å²) in [5.41, 5.74) is 6.45. The molecule has 1 atom stereocenters. The first-order chi connectivity index (χ1) is 15.4. The smallest absolute Gasteiger partial charge is 0.335 e. The molecular formula is C27H31N3O3. The van der Waals surface area contributed by atoms with Crippen molar-refractivity contribution in [3.8, 4) is 0 Å². The van der Waals surface area contributed by atoms with Crippen LogP contribution in [0.15, 0.2) is 35.9 Å². The third-order valence-corrected chi connectivity index (χ3v) is 6.89. The first-order valence-electron chi connectivity index (χ1n) is 11.3. The molecule has 1 N–H and O–H groups in total. The second-order valence-electron chi connectivity index (χ2n) is 10.0. The van der Waals surface area contributed by atoms with Gasteiger partial charge in [-0.3, -0.25) is 14.9 Å². The van der Waals surface area contributed by atoms with E-state index in [4.69, 9.17) is 0 Å². The van der Waals surface area contributed by atoms with Gasteiger partial charge < -0.3 is 4.90 Å². The Kier molecular flexibility index (Phi) is 5.43. The largest absolute Gasteiger partial charge is 0.369 e. The quantitative estimate of drug-likeness (QED) is 0.522. The lowest BCUT2D eigenvalue weighted by molar-refractivity contribution is -0.122. The number of rotatable bonds is 2. The third kappa shape index (κ3) is 3.94. The van der Waals surface area contributed by atoms with Gasteiger partial charge in [-0.15, -0.1) is 0 Å². The molecular weight excluding hydrogens is 414 g/mol. The Morgan fingerprint density at radius 1 is 1.00 bits per heavy atom. The maximum absolute atomic E-state index is 13.3. The van der Waals surface area contributed by atoms with E-state index in [0.29, 0.717) is 11.6 Å². The minimum Gasteiger partial charge on any atom is -0.369 e. The molecule has 0 radical (unpaired) electrons. The molecule has 0 saturated carbocycles. The molecule has 1 fully saturated rings. The fraction of sp³-hybridized carbons (Fsp3) is 0.370. The topological polar surface area (TPSA) is 69.7 Å². The van der Waals surface area contributed by atoms with Gasteiger partial charge in [0.15, 0.2) is 0 Å². The van der Waals surface area contributed by atoms with Crippen LogP contribution in [0.3, 0.4) is 0 Å². The molecule has 0 unspecified atom stereocenters. The van der Waals surface area contributed by atoms with Gasteiger partial charge in [0.1, 0.15) is 5.57 Å². The van der Waals surface area contributed by atoms with Crippen LogP contribution in [-0.2, 0) is 9.59 Å². The Labute approximate surface area is 195 Å². The molecule has 4 rings (SSSR count). The number of barbiturate groups is 1. The van der Waals surface area contributed by atoms with Crippen molar-refractivity contribution in [1.82, 2.24) is 5.32 Å². The number of hydrogen-bond donors (Lipinski definition) is 1. The summed E-state index contributed by atoms with van der Waals surface area (Å²) < 4.78 is 0. The Balaban J connectivity index is 1.78. The van der Waals surface area contributed by atoms with Gasteiger partial charge in [-0.05, 0) is 105 Å². The number of carbonyl (C=O) groups excluding carboxylic acids is 3. The van der Waals surface area contributed by atoms with E-state index >= 15 is 0 Å². The number of imide groups is 2. The fourth-order valence-electron chi connectivity index (χ4n) is 5.02. The number of nitrogens with one attached hydrogen (secondary N) is 1. The molecule has 1 saturated heterocycles. The lowest BCUT2D eigenvalue weighted by Crippen LogP contribution is -2.54. The highest BCUT2D eigenvalue weighted by Crippen LogP contribution is 2.43. The monoisotopic (exact) mass is 445 g/mol. The standard InChI is InChI=1S/C27H31N3O3/c1-15-8-16(2)10-20(9-15)30-25(32)22(24(31)28-26(30)33)13-19-12-21-18(4)14-27(5,6)29(7)23(21)11-17(19)3/h8-13,18H,14H2,1-7H3,(H,28,31,33)/b22-13+/t18-/m0/s1. The summed E-state index contributed by atoms with van der Waals surface area (Å²) in [5.74, 6) is -0.945. The van der Waals surface area contributed by atoms with Crippen molar-refractivity contribution in [1.29, 1.82) is 0 Å². The van der Waals surface area contributed by atoms with E-state index in [1.807, 2.05) is 26.8 Å². The average molecular weight is 446 g/mol. The van der Waals surface area contributed by atoms with Gasteiger partial charge >= 0.3 is 6.03 Å². The number of anilines is 2. The minimum atomic E-state index is -0.730. The number of amides is 4. The summed E-state index contributed by atoms with van der Waals surface area (Å²) in [6.45, 7) is 12.5. The lowest BCUT2D eigenvalue weighted by atomic mass is 9.79. The maximum Gasteiger partial charge on any atom is 0.335 e. The third-order valence-electron chi connectivity index (χ3n) is 6.89. The van der Waals surface area contributed by atoms with E-state index in [2.05, 4.69) is 50.2 Å². The first-order valence-corrected chi connectivity index (χ1v) is 11.3. The normalized spacial score (nSPS) is 21.4. The summed E-state index contributed by atoms with van der Waals surface area (Å²) >= 11 is 0. The lowest BCUT2D eigenvalue weighted by Gasteiger charge is -2.45. The number of carbonyl (C=O) groups is 3. The van der Waals surface area contributed by atoms with Gasteiger partial charge in [0.25, 0.3) is 11.8 Å². The zero-order valence-corrected chi connectivity index (χ0v) is 20.4. The molecule has 0 aliphatic carbocycles. The second kappa shape index (κ2) is 7.87. The zero-order valence-electron chi connectivity index (χ0n) is 20.4. The highest BCUT2D eigenvalue weighted by Gasteiger charge is 2.38. The van der Waals surface area contributed by atoms with Crippen molar-refractivity contribution in [3.63, 3.8) is 0 Å². The molecule has 4 amide bonds. The Morgan fingerprint density at radius 2 is 1.64 bits per heavy atom. The number of nitrogens with zero attached hydrogens (tertiary/aromatic N) is 2. The van der Waals surface area contributed by atoms with Gasteiger partial charge in [-0.2, -0.15) is 0 Å². The summed E-state index contributed by atoms with van der Waals surface area (Å²) in [6.07, 6.45) is 2.62. The van der Waals surface area contributed by atoms with Crippen LogP contribution in [0, 0.1) is 20.8 Å². The Bertz CT molecular complexity index is 1210. The predicted octanol–water partition coefficient (Wildman–Crippen LogP) is 5.00. The van der Waals surface area contributed by atoms with Gasteiger partial charge in [-0.25, -0.2) is 9.69 Å². The molecule has 2 aliphatic rings. The van der Waals surface area contributed by atoms with Crippen molar-refractivity contribution < 1.29 is 14.4 Å². The van der Waals surface area contributed by atoms with Crippen LogP contribution >= 0.6 is 0 Å². The van der Waals surface area contributed by atoms with Crippen LogP contribution in [0.25, 0.3) is 6.08 Å². The van der Waals surface area contributed by atoms with Gasteiger partial charge in [-0.1, -0.05) is 13.0 Å². The number of aryl methyl sites for hydroxylation is 3. The highest BCUT2D eigenvalue weighted by molar-refractivity contribution is 6.39. The number of benzene rings is 2. The molecule has 2 heterocycles. The highest BCUT2D eigenvalue weighted by atomic mass is 16.2. The van der Waals surface area contributed by atoms with Crippen molar-refractivity contribution >= 4 is 35.3 Å². The van der Waals surface area contributed by atoms with Crippen molar-refractivity contribution in [2.24, 2.45) is 0 Å². The number of hydrogen-bond acceptors (Lipinski definition) is 4. The van der Waals surface area contributed by atoms with E-state index in [1.54, 1.807) is 18.2 Å². The fourth-order valence-corrected chi connectivity index (χ4v) is 5.02. The van der Waals surface area contributed by atoms with E-state index < -0.39 is 17.8 Å². The van der Waals surface area contributed by atoms with Crippen molar-refractivity contribution in [2.45, 2.75) is 59.4 Å². The summed E-state index contributed by atoms with van der Waals surface area (Å²) in [6, 6.07) is 8.96. The Morgan fingerprint density at radius 3 is 2.27 bits per heavy atom. The van der Waals surface area contributed by atoms with Crippen LogP contribution in [0.1, 0.15) is 60.9 Å². The second-order valence-corrected chi connectivity index (χ2v) is 10.0. The molecule has 2 aromatic rings. The summed E-state index contributed by atoms with van der Waals surface area (Å²) in [5, 5.41) is 2.33. The number of fused-ring (bicyclic) bond motifs is 1. The van der Waals surface area contributed by atoms with Crippen LogP contribution in [-0.4, -0.2) is 30.4 Å². The van der Waals surface area contributed by atoms with Crippen LogP contribution < -0.4 is 15.1 Å². The maximum atomic E-state index is 13.3. The molecule has 2 aliphatic heterocycles. The van der Waals surface area contributed by atoms with Gasteiger partial charge in [0.2, 0.25) is 0 Å². The molecule has 0 spiro atoms. The van der Waals surface area contributed by atoms with Crippen LogP contribution in [0.5, 0.6) is 0 Å². The minimum absolute atomic E-state index is 0.0465. The van der Waals surface area contributed by atoms with Gasteiger partial charge in [0.05, 0.1) is 5.69 Å². The molecule has 6 nitrogen and oxygen atoms in total. The van der Waals surface area contributed by atoms with E-state index in [-0.39, 0.29) is 11.1 Å². The van der Waals surface area contributed by atoms with E-state index in [1.165, 1.54) is 11.3 Å². The van der Waals surface area contributed by atoms with E-state index in [0.717, 1.165) is 33.6 Å².